The summed E-state index contributed by atoms with van der Waals surface area (Å²) in [5.74, 6) is 0.0774. The number of carbonyl (C=O) groups is 2. The summed E-state index contributed by atoms with van der Waals surface area (Å²) in [5.41, 5.74) is 1.54. The van der Waals surface area contributed by atoms with Crippen molar-refractivity contribution >= 4 is 57.3 Å². The number of halogens is 1. The molecule has 0 spiro atoms. The third-order valence-corrected chi connectivity index (χ3v) is 8.64. The van der Waals surface area contributed by atoms with Gasteiger partial charge >= 0.3 is 6.09 Å². The minimum absolute atomic E-state index is 0.0774. The van der Waals surface area contributed by atoms with Crippen LogP contribution in [0.2, 0.25) is 0 Å². The normalized spacial score (nSPS) is 17.6. The summed E-state index contributed by atoms with van der Waals surface area (Å²) in [7, 11) is 0. The molecule has 196 valence electrons. The lowest BCUT2D eigenvalue weighted by molar-refractivity contribution is 0.0274. The van der Waals surface area contributed by atoms with Crippen LogP contribution in [-0.2, 0) is 11.2 Å². The first-order chi connectivity index (χ1) is 18.1. The standard InChI is InChI=1S/C31H31IN2O3S/c1-30(2,3)37-29(36)33-17-16-31(21-33,19-22-10-6-4-7-11-22)28(35)23-14-15-27-25(18-23)26(32)20-34(27)38-24-12-8-5-9-13-24/h4-15,18,20H,16-17,19,21H2,1-3H3. The molecule has 0 bridgehead atoms. The first-order valence-electron chi connectivity index (χ1n) is 12.7. The zero-order valence-corrected chi connectivity index (χ0v) is 24.8. The van der Waals surface area contributed by atoms with Crippen LogP contribution in [0.15, 0.2) is 90.0 Å². The molecule has 3 aromatic carbocycles. The van der Waals surface area contributed by atoms with E-state index in [2.05, 4.69) is 57.0 Å². The number of carbonyl (C=O) groups excluding carboxylic acids is 2. The van der Waals surface area contributed by atoms with Crippen LogP contribution in [0, 0.1) is 8.99 Å². The van der Waals surface area contributed by atoms with Crippen LogP contribution in [0.4, 0.5) is 4.79 Å². The van der Waals surface area contributed by atoms with Crippen molar-refractivity contribution in [3.05, 3.63) is 99.8 Å². The van der Waals surface area contributed by atoms with E-state index in [1.165, 1.54) is 0 Å². The fourth-order valence-electron chi connectivity index (χ4n) is 5.03. The van der Waals surface area contributed by atoms with Crippen LogP contribution in [0.3, 0.4) is 0 Å². The van der Waals surface area contributed by atoms with E-state index in [1.807, 2.05) is 75.4 Å². The molecular weight excluding hydrogens is 607 g/mol. The predicted octanol–water partition coefficient (Wildman–Crippen LogP) is 7.85. The average molecular weight is 639 g/mol. The first kappa shape index (κ1) is 26.8. The van der Waals surface area contributed by atoms with Crippen molar-refractivity contribution in [2.24, 2.45) is 5.41 Å². The Bertz CT molecular complexity index is 1460. The van der Waals surface area contributed by atoms with E-state index in [9.17, 15) is 9.59 Å². The summed E-state index contributed by atoms with van der Waals surface area (Å²) < 4.78 is 8.89. The second-order valence-corrected chi connectivity index (χ2v) is 13.1. The maximum Gasteiger partial charge on any atom is 0.410 e. The molecule has 4 aromatic rings. The van der Waals surface area contributed by atoms with E-state index >= 15 is 0 Å². The number of nitrogens with zero attached hydrogens (tertiary/aromatic N) is 2. The second kappa shape index (κ2) is 10.8. The minimum Gasteiger partial charge on any atom is -0.444 e. The molecule has 0 saturated carbocycles. The molecule has 5 rings (SSSR count). The Morgan fingerprint density at radius 1 is 1.00 bits per heavy atom. The summed E-state index contributed by atoms with van der Waals surface area (Å²) in [5, 5.41) is 1.05. The van der Waals surface area contributed by atoms with Gasteiger partial charge in [-0.25, -0.2) is 4.79 Å². The molecule has 7 heteroatoms. The number of likely N-dealkylation sites (tertiary alicyclic amines) is 1. The predicted molar refractivity (Wildman–Crippen MR) is 162 cm³/mol. The highest BCUT2D eigenvalue weighted by molar-refractivity contribution is 14.1. The molecule has 1 aliphatic heterocycles. The van der Waals surface area contributed by atoms with Crippen LogP contribution < -0.4 is 0 Å². The number of ketones is 1. The molecule has 0 radical (unpaired) electrons. The Balaban J connectivity index is 1.47. The Morgan fingerprint density at radius 2 is 1.68 bits per heavy atom. The highest BCUT2D eigenvalue weighted by atomic mass is 127. The van der Waals surface area contributed by atoms with Gasteiger partial charge in [-0.2, -0.15) is 0 Å². The van der Waals surface area contributed by atoms with Crippen molar-refractivity contribution in [1.29, 1.82) is 0 Å². The number of Topliss-reactive ketones (excluding diaryl/α,β-unsaturated/α-hetero) is 1. The van der Waals surface area contributed by atoms with Crippen LogP contribution in [0.1, 0.15) is 43.1 Å². The summed E-state index contributed by atoms with van der Waals surface area (Å²) in [4.78, 5) is 30.0. The van der Waals surface area contributed by atoms with E-state index in [0.29, 0.717) is 31.5 Å². The van der Waals surface area contributed by atoms with Crippen LogP contribution in [0.25, 0.3) is 10.9 Å². The molecule has 0 aliphatic carbocycles. The molecule has 1 unspecified atom stereocenters. The maximum atomic E-state index is 14.3. The van der Waals surface area contributed by atoms with Gasteiger partial charge in [0.05, 0.1) is 10.9 Å². The number of rotatable bonds is 6. The maximum absolute atomic E-state index is 14.3. The van der Waals surface area contributed by atoms with Crippen molar-refractivity contribution in [2.75, 3.05) is 13.1 Å². The average Bonchev–Trinajstić information content (AvgIpc) is 3.46. The topological polar surface area (TPSA) is 51.5 Å². The Labute approximate surface area is 241 Å². The number of fused-ring (bicyclic) bond motifs is 1. The van der Waals surface area contributed by atoms with Crippen LogP contribution >= 0.6 is 34.5 Å². The van der Waals surface area contributed by atoms with Crippen molar-refractivity contribution in [3.63, 3.8) is 0 Å². The lowest BCUT2D eigenvalue weighted by Crippen LogP contribution is -2.40. The van der Waals surface area contributed by atoms with E-state index < -0.39 is 11.0 Å². The first-order valence-corrected chi connectivity index (χ1v) is 14.6. The van der Waals surface area contributed by atoms with Gasteiger partial charge in [-0.05, 0) is 104 Å². The SMILES string of the molecule is CC(C)(C)OC(=O)N1CCC(Cc2ccccc2)(C(=O)c2ccc3c(c2)c(I)cn3Sc2ccccc2)C1. The molecule has 1 amide bonds. The fourth-order valence-corrected chi connectivity index (χ4v) is 6.85. The Hall–Kier alpha value is -2.78. The molecule has 1 atom stereocenters. The number of ether oxygens (including phenoxy) is 1. The molecule has 0 N–H and O–H groups in total. The van der Waals surface area contributed by atoms with E-state index in [4.69, 9.17) is 4.74 Å². The van der Waals surface area contributed by atoms with Gasteiger partial charge in [0.2, 0.25) is 0 Å². The summed E-state index contributed by atoms with van der Waals surface area (Å²) in [6.07, 6.45) is 2.92. The number of hydrogen-bond acceptors (Lipinski definition) is 4. The van der Waals surface area contributed by atoms with Crippen LogP contribution in [-0.4, -0.2) is 39.4 Å². The van der Waals surface area contributed by atoms with Crippen molar-refractivity contribution < 1.29 is 14.3 Å². The lowest BCUT2D eigenvalue weighted by Gasteiger charge is -2.29. The van der Waals surface area contributed by atoms with Gasteiger partial charge in [-0.3, -0.25) is 8.77 Å². The number of hydrogen-bond donors (Lipinski definition) is 0. The number of benzene rings is 3. The zero-order chi connectivity index (χ0) is 26.9. The molecule has 1 fully saturated rings. The van der Waals surface area contributed by atoms with Gasteiger partial charge in [0.15, 0.2) is 5.78 Å². The zero-order valence-electron chi connectivity index (χ0n) is 21.8. The fraction of sp³-hybridized carbons (Fsp3) is 0.290. The van der Waals surface area contributed by atoms with E-state index in [0.717, 1.165) is 24.9 Å². The van der Waals surface area contributed by atoms with Gasteiger partial charge < -0.3 is 9.64 Å². The van der Waals surface area contributed by atoms with Crippen molar-refractivity contribution in [1.82, 2.24) is 8.87 Å². The van der Waals surface area contributed by atoms with Gasteiger partial charge in [0, 0.05) is 38.7 Å². The number of amides is 1. The smallest absolute Gasteiger partial charge is 0.410 e. The van der Waals surface area contributed by atoms with Gasteiger partial charge in [0.1, 0.15) is 5.60 Å². The van der Waals surface area contributed by atoms with Crippen molar-refractivity contribution in [2.45, 2.75) is 44.1 Å². The highest BCUT2D eigenvalue weighted by Gasteiger charge is 2.47. The molecular formula is C31H31IN2O3S. The Morgan fingerprint density at radius 3 is 2.37 bits per heavy atom. The largest absolute Gasteiger partial charge is 0.444 e. The summed E-state index contributed by atoms with van der Waals surface area (Å²) in [6, 6.07) is 26.3. The molecule has 1 aromatic heterocycles. The van der Waals surface area contributed by atoms with Crippen LogP contribution in [0.5, 0.6) is 0 Å². The molecule has 1 saturated heterocycles. The van der Waals surface area contributed by atoms with Gasteiger partial charge in [-0.15, -0.1) is 0 Å². The molecule has 38 heavy (non-hydrogen) atoms. The summed E-state index contributed by atoms with van der Waals surface area (Å²) in [6.45, 7) is 6.43. The van der Waals surface area contributed by atoms with Gasteiger partial charge in [-0.1, -0.05) is 48.5 Å². The molecule has 2 heterocycles. The quantitative estimate of drug-likeness (QED) is 0.160. The van der Waals surface area contributed by atoms with Gasteiger partial charge in [0.25, 0.3) is 0 Å². The monoisotopic (exact) mass is 638 g/mol. The second-order valence-electron chi connectivity index (χ2n) is 10.9. The minimum atomic E-state index is -0.710. The lowest BCUT2D eigenvalue weighted by atomic mass is 9.74. The van der Waals surface area contributed by atoms with E-state index in [1.54, 1.807) is 16.8 Å². The Kier molecular flexibility index (Phi) is 7.60. The van der Waals surface area contributed by atoms with Crippen molar-refractivity contribution in [3.8, 4) is 0 Å². The highest BCUT2D eigenvalue weighted by Crippen LogP contribution is 2.39. The third-order valence-electron chi connectivity index (χ3n) is 6.80. The third kappa shape index (κ3) is 5.78. The molecule has 1 aliphatic rings. The number of aromatic nitrogens is 1. The summed E-state index contributed by atoms with van der Waals surface area (Å²) >= 11 is 4.00. The molecule has 5 nitrogen and oxygen atoms in total. The van der Waals surface area contributed by atoms with E-state index in [-0.39, 0.29) is 11.9 Å².